The van der Waals surface area contributed by atoms with Gasteiger partial charge < -0.3 is 4.74 Å². The minimum atomic E-state index is -0.579. The summed E-state index contributed by atoms with van der Waals surface area (Å²) >= 11 is 0. The summed E-state index contributed by atoms with van der Waals surface area (Å²) < 4.78 is 99.9. The molecule has 0 atom stereocenters. The summed E-state index contributed by atoms with van der Waals surface area (Å²) in [5.41, 5.74) is 10.6. The molecule has 0 saturated heterocycles. The predicted molar refractivity (Wildman–Crippen MR) is 306 cm³/mol. The first-order valence-electron chi connectivity index (χ1n) is 29.6. The summed E-state index contributed by atoms with van der Waals surface area (Å²) in [7, 11) is 0. The number of hydrogen-bond donors (Lipinski definition) is 0. The van der Waals surface area contributed by atoms with Crippen molar-refractivity contribution in [1.29, 1.82) is 0 Å². The third kappa shape index (κ3) is 8.52. The van der Waals surface area contributed by atoms with E-state index < -0.39 is 60.4 Å². The van der Waals surface area contributed by atoms with Crippen molar-refractivity contribution >= 4 is 32.8 Å². The standard InChI is InChI=1S/C69H51N5O/c1-69(2,3)55-35-37-71-67(43-55)74-62-34-31-51(54-40-52(47-19-8-4-9-20-47)39-53(41-54)48-21-10-5-11-22-48)42-61(62)60-33-32-56(44-65(60)74)75-57-36-38-70-66(45-57)72-46-73(64-30-17-16-29-63(64)72)68-58(49-23-12-6-13-24-49)27-18-28-59(68)50-25-14-7-15-26-50/h4-45H,1-3H3/i6D,7D,12D,13D,14D,15D,23D,24D,25D,26D. The fraction of sp³-hybridized carbons (Fsp3) is 0.0580. The van der Waals surface area contributed by atoms with Gasteiger partial charge >= 0.3 is 0 Å². The highest BCUT2D eigenvalue weighted by molar-refractivity contribution is 6.11. The van der Waals surface area contributed by atoms with Crippen LogP contribution in [0.4, 0.5) is 0 Å². The molecule has 0 radical (unpaired) electrons. The van der Waals surface area contributed by atoms with Gasteiger partial charge in [0.25, 0.3) is 6.33 Å². The molecule has 0 spiro atoms. The van der Waals surface area contributed by atoms with E-state index in [9.17, 15) is 0 Å². The molecule has 0 aliphatic heterocycles. The van der Waals surface area contributed by atoms with Gasteiger partial charge in [-0.25, -0.2) is 4.98 Å². The average Bonchev–Trinajstić information content (AvgIpc) is 2.81. The maximum Gasteiger partial charge on any atom is 0.271 e. The Hall–Kier alpha value is -9.65. The molecule has 75 heavy (non-hydrogen) atoms. The van der Waals surface area contributed by atoms with Crippen LogP contribution in [0.3, 0.4) is 0 Å². The van der Waals surface area contributed by atoms with Gasteiger partial charge in [-0.05, 0) is 127 Å². The third-order valence-electron chi connectivity index (χ3n) is 13.6. The lowest BCUT2D eigenvalue weighted by molar-refractivity contribution is -0.571. The zero-order valence-corrected chi connectivity index (χ0v) is 41.1. The minimum absolute atomic E-state index is 0.134. The molecular formula is C69H51N5O. The van der Waals surface area contributed by atoms with E-state index in [1.54, 1.807) is 57.8 Å². The molecule has 13 rings (SSSR count). The molecule has 4 aromatic heterocycles. The van der Waals surface area contributed by atoms with Crippen molar-refractivity contribution in [3.05, 3.63) is 267 Å². The van der Waals surface area contributed by atoms with E-state index in [1.807, 2.05) is 42.6 Å². The van der Waals surface area contributed by atoms with Gasteiger partial charge in [-0.2, -0.15) is 0 Å². The first-order valence-corrected chi connectivity index (χ1v) is 24.6. The highest BCUT2D eigenvalue weighted by Crippen LogP contribution is 2.41. The molecule has 9 aromatic carbocycles. The largest absolute Gasteiger partial charge is 0.458 e. The van der Waals surface area contributed by atoms with Crippen LogP contribution in [0, 0.1) is 6.33 Å². The quantitative estimate of drug-likeness (QED) is 0.101. The van der Waals surface area contributed by atoms with Crippen LogP contribution in [0.15, 0.2) is 255 Å². The first kappa shape index (κ1) is 35.5. The fourth-order valence-corrected chi connectivity index (χ4v) is 9.96. The van der Waals surface area contributed by atoms with Crippen LogP contribution in [0.2, 0.25) is 0 Å². The number of aromatic nitrogens is 5. The lowest BCUT2D eigenvalue weighted by atomic mass is 9.88. The molecule has 6 nitrogen and oxygen atoms in total. The predicted octanol–water partition coefficient (Wildman–Crippen LogP) is 17.0. The topological polar surface area (TPSA) is 48.8 Å². The Bertz CT molecular complexity index is 4660. The van der Waals surface area contributed by atoms with Gasteiger partial charge in [0, 0.05) is 35.3 Å². The number of nitrogens with zero attached hydrogens (tertiary/aromatic N) is 5. The fourth-order valence-electron chi connectivity index (χ4n) is 9.96. The van der Waals surface area contributed by atoms with Crippen molar-refractivity contribution in [3.8, 4) is 84.5 Å². The molecule has 6 heteroatoms. The molecule has 358 valence electrons. The van der Waals surface area contributed by atoms with Crippen molar-refractivity contribution in [2.75, 3.05) is 0 Å². The van der Waals surface area contributed by atoms with Gasteiger partial charge in [0.2, 0.25) is 0 Å². The van der Waals surface area contributed by atoms with Crippen LogP contribution in [-0.2, 0) is 5.41 Å². The van der Waals surface area contributed by atoms with Crippen molar-refractivity contribution in [2.24, 2.45) is 0 Å². The Morgan fingerprint density at radius 3 is 1.72 bits per heavy atom. The van der Waals surface area contributed by atoms with Crippen LogP contribution in [0.25, 0.3) is 106 Å². The maximum absolute atomic E-state index is 9.08. The van der Waals surface area contributed by atoms with Gasteiger partial charge in [-0.3, -0.25) is 18.7 Å². The first-order chi connectivity index (χ1) is 40.9. The molecule has 0 fully saturated rings. The molecule has 0 N–H and O–H groups in total. The van der Waals surface area contributed by atoms with Gasteiger partial charge in [0.05, 0.1) is 41.5 Å². The van der Waals surface area contributed by atoms with Gasteiger partial charge in [0.1, 0.15) is 17.3 Å². The van der Waals surface area contributed by atoms with E-state index in [0.29, 0.717) is 28.4 Å². The Morgan fingerprint density at radius 1 is 0.453 bits per heavy atom. The Kier molecular flexibility index (Phi) is 8.87. The van der Waals surface area contributed by atoms with Gasteiger partial charge in [0.15, 0.2) is 5.82 Å². The second-order valence-corrected chi connectivity index (χ2v) is 19.3. The maximum atomic E-state index is 9.08. The molecule has 0 bridgehead atoms. The van der Waals surface area contributed by atoms with Gasteiger partial charge in [-0.1, -0.05) is 190 Å². The summed E-state index contributed by atoms with van der Waals surface area (Å²) in [6.45, 7) is 6.56. The van der Waals surface area contributed by atoms with E-state index in [2.05, 4.69) is 135 Å². The Morgan fingerprint density at radius 2 is 1.05 bits per heavy atom. The molecule has 0 amide bonds. The molecular weight excluding hydrogens is 915 g/mol. The van der Waals surface area contributed by atoms with Crippen LogP contribution in [0.1, 0.15) is 40.0 Å². The minimum Gasteiger partial charge on any atom is -0.458 e. The van der Waals surface area contributed by atoms with Crippen molar-refractivity contribution < 1.29 is 23.0 Å². The SMILES string of the molecule is [2H]c1c([2H])c([2H])c(-c2cccc(-c3c([2H])c([2H])c([2H])c([2H])c3[2H])c2-[n+]2[c-]n(-c3cc(Oc4ccc5c6cc(-c7cc(-c8ccccc8)cc(-c8ccccc8)c7)ccc6n(-c6cc(C(C)(C)C)ccn6)c5c4)ccn3)c3ccccc32)c([2H])c1[2H]. The summed E-state index contributed by atoms with van der Waals surface area (Å²) in [4.78, 5) is 9.77. The lowest BCUT2D eigenvalue weighted by Crippen LogP contribution is -2.31. The summed E-state index contributed by atoms with van der Waals surface area (Å²) in [6.07, 6.45) is 6.89. The van der Waals surface area contributed by atoms with Crippen LogP contribution < -0.4 is 9.30 Å². The summed E-state index contributed by atoms with van der Waals surface area (Å²) in [5.74, 6) is 2.10. The van der Waals surface area contributed by atoms with E-state index in [4.69, 9.17) is 28.4 Å². The van der Waals surface area contributed by atoms with Crippen molar-refractivity contribution in [1.82, 2.24) is 19.1 Å². The normalized spacial score (nSPS) is 13.5. The number of imidazole rings is 1. The van der Waals surface area contributed by atoms with Crippen LogP contribution in [-0.4, -0.2) is 19.1 Å². The molecule has 13 aromatic rings. The zero-order chi connectivity index (χ0) is 59.2. The molecule has 4 heterocycles. The number of para-hydroxylation sites is 3. The summed E-state index contributed by atoms with van der Waals surface area (Å²) in [5, 5.41) is 2.03. The monoisotopic (exact) mass is 975 g/mol. The molecule has 0 aliphatic carbocycles. The zero-order valence-electron chi connectivity index (χ0n) is 51.1. The highest BCUT2D eigenvalue weighted by atomic mass is 16.5. The molecule has 0 unspecified atom stereocenters. The third-order valence-corrected chi connectivity index (χ3v) is 13.6. The lowest BCUT2D eigenvalue weighted by Gasteiger charge is -2.20. The van der Waals surface area contributed by atoms with E-state index in [-0.39, 0.29) is 33.4 Å². The summed E-state index contributed by atoms with van der Waals surface area (Å²) in [6, 6.07) is 54.7. The Labute approximate surface area is 450 Å². The average molecular weight is 976 g/mol. The van der Waals surface area contributed by atoms with Crippen LogP contribution >= 0.6 is 0 Å². The van der Waals surface area contributed by atoms with Crippen molar-refractivity contribution in [2.45, 2.75) is 26.2 Å². The Balaban J connectivity index is 0.953. The van der Waals surface area contributed by atoms with E-state index >= 15 is 0 Å². The van der Waals surface area contributed by atoms with Gasteiger partial charge in [-0.15, -0.1) is 0 Å². The second kappa shape index (κ2) is 18.8. The number of fused-ring (bicyclic) bond motifs is 4. The second-order valence-electron chi connectivity index (χ2n) is 19.3. The number of rotatable bonds is 10. The molecule has 0 aliphatic rings. The number of ether oxygens (including phenoxy) is 1. The van der Waals surface area contributed by atoms with E-state index in [0.717, 1.165) is 66.6 Å². The smallest absolute Gasteiger partial charge is 0.271 e. The van der Waals surface area contributed by atoms with Crippen LogP contribution in [0.5, 0.6) is 11.5 Å². The van der Waals surface area contributed by atoms with E-state index in [1.165, 1.54) is 0 Å². The number of benzene rings is 9. The van der Waals surface area contributed by atoms with Crippen molar-refractivity contribution in [3.63, 3.8) is 0 Å². The number of hydrogen-bond acceptors (Lipinski definition) is 3. The number of pyridine rings is 2. The highest BCUT2D eigenvalue weighted by Gasteiger charge is 2.22. The molecule has 0 saturated carbocycles.